The molecule has 1 aromatic rings. The molecule has 1 unspecified atom stereocenters. The van der Waals surface area contributed by atoms with Crippen LogP contribution in [0.2, 0.25) is 0 Å². The molecule has 0 aromatic heterocycles. The number of nitrogens with zero attached hydrogens (tertiary/aromatic N) is 1. The number of ether oxygens (including phenoxy) is 1. The molecular formula is C15H24F2N2O. The molecule has 0 fully saturated rings. The molecule has 0 aliphatic rings. The number of hydrogen-bond donors (Lipinski definition) is 1. The average Bonchev–Trinajstić information content (AvgIpc) is 2.41. The number of likely N-dealkylation sites (N-methyl/N-ethyl adjacent to an activating group) is 1. The highest BCUT2D eigenvalue weighted by Crippen LogP contribution is 2.25. The van der Waals surface area contributed by atoms with Gasteiger partial charge in [0.2, 0.25) is 0 Å². The summed E-state index contributed by atoms with van der Waals surface area (Å²) >= 11 is 0. The minimum Gasteiger partial charge on any atom is -0.383 e. The Morgan fingerprint density at radius 2 is 1.85 bits per heavy atom. The zero-order chi connectivity index (χ0) is 15.1. The lowest BCUT2D eigenvalue weighted by atomic mass is 10.0. The van der Waals surface area contributed by atoms with Gasteiger partial charge in [0.25, 0.3) is 0 Å². The van der Waals surface area contributed by atoms with E-state index in [2.05, 4.69) is 0 Å². The molecule has 0 saturated heterocycles. The van der Waals surface area contributed by atoms with Crippen molar-refractivity contribution in [3.63, 3.8) is 0 Å². The lowest BCUT2D eigenvalue weighted by Gasteiger charge is -2.24. The minimum absolute atomic E-state index is 0.0124. The second-order valence-electron chi connectivity index (χ2n) is 4.85. The van der Waals surface area contributed by atoms with E-state index >= 15 is 0 Å². The van der Waals surface area contributed by atoms with Crippen molar-refractivity contribution < 1.29 is 13.5 Å². The van der Waals surface area contributed by atoms with E-state index in [0.29, 0.717) is 31.7 Å². The van der Waals surface area contributed by atoms with Crippen molar-refractivity contribution in [2.24, 2.45) is 5.73 Å². The smallest absolute Gasteiger partial charge is 0.149 e. The normalized spacial score (nSPS) is 12.5. The molecule has 0 aliphatic heterocycles. The van der Waals surface area contributed by atoms with E-state index in [0.717, 1.165) is 6.42 Å². The number of benzene rings is 1. The van der Waals surface area contributed by atoms with E-state index in [1.807, 2.05) is 13.8 Å². The van der Waals surface area contributed by atoms with Gasteiger partial charge in [0.05, 0.1) is 6.61 Å². The third kappa shape index (κ3) is 4.42. The standard InChI is InChI=1S/C15H24F2N2O/c1-4-12(18)8-11-9-13(16)15(14(17)10-11)19(5-2)6-7-20-3/h9-10,12H,4-8,18H2,1-3H3. The van der Waals surface area contributed by atoms with Crippen molar-refractivity contribution in [1.82, 2.24) is 0 Å². The lowest BCUT2D eigenvalue weighted by molar-refractivity contribution is 0.205. The minimum atomic E-state index is -0.541. The second-order valence-corrected chi connectivity index (χ2v) is 4.85. The van der Waals surface area contributed by atoms with Crippen molar-refractivity contribution in [2.75, 3.05) is 31.7 Å². The summed E-state index contributed by atoms with van der Waals surface area (Å²) in [5, 5.41) is 0. The summed E-state index contributed by atoms with van der Waals surface area (Å²) in [6.07, 6.45) is 1.26. The highest BCUT2D eigenvalue weighted by Gasteiger charge is 2.17. The fourth-order valence-electron chi connectivity index (χ4n) is 2.11. The molecule has 0 aliphatic carbocycles. The Morgan fingerprint density at radius 1 is 1.25 bits per heavy atom. The van der Waals surface area contributed by atoms with Gasteiger partial charge < -0.3 is 15.4 Å². The molecule has 0 amide bonds. The average molecular weight is 286 g/mol. The molecule has 3 nitrogen and oxygen atoms in total. The Morgan fingerprint density at radius 3 is 2.30 bits per heavy atom. The highest BCUT2D eigenvalue weighted by molar-refractivity contribution is 5.50. The molecule has 0 radical (unpaired) electrons. The van der Waals surface area contributed by atoms with Gasteiger partial charge in [0.15, 0.2) is 0 Å². The fourth-order valence-corrected chi connectivity index (χ4v) is 2.11. The van der Waals surface area contributed by atoms with Crippen LogP contribution in [0.4, 0.5) is 14.5 Å². The number of rotatable bonds is 8. The van der Waals surface area contributed by atoms with E-state index in [4.69, 9.17) is 10.5 Å². The Labute approximate surface area is 119 Å². The molecule has 0 saturated carbocycles. The molecule has 1 atom stereocenters. The summed E-state index contributed by atoms with van der Waals surface area (Å²) in [6, 6.07) is 2.68. The third-order valence-electron chi connectivity index (χ3n) is 3.36. The summed E-state index contributed by atoms with van der Waals surface area (Å²) in [5.41, 5.74) is 6.43. The quantitative estimate of drug-likeness (QED) is 0.798. The maximum absolute atomic E-state index is 14.2. The molecular weight excluding hydrogens is 262 g/mol. The Bertz CT molecular complexity index is 403. The number of nitrogens with two attached hydrogens (primary N) is 1. The van der Waals surface area contributed by atoms with Gasteiger partial charge in [-0.2, -0.15) is 0 Å². The van der Waals surface area contributed by atoms with Crippen LogP contribution in [-0.2, 0) is 11.2 Å². The summed E-state index contributed by atoms with van der Waals surface area (Å²) in [4.78, 5) is 1.64. The van der Waals surface area contributed by atoms with Crippen molar-refractivity contribution in [1.29, 1.82) is 0 Å². The molecule has 2 N–H and O–H groups in total. The summed E-state index contributed by atoms with van der Waals surface area (Å²) < 4.78 is 33.3. The van der Waals surface area contributed by atoms with Gasteiger partial charge in [-0.1, -0.05) is 6.92 Å². The largest absolute Gasteiger partial charge is 0.383 e. The van der Waals surface area contributed by atoms with Crippen LogP contribution in [0.5, 0.6) is 0 Å². The van der Waals surface area contributed by atoms with Crippen molar-refractivity contribution in [3.8, 4) is 0 Å². The first kappa shape index (κ1) is 16.9. The monoisotopic (exact) mass is 286 g/mol. The van der Waals surface area contributed by atoms with E-state index in [-0.39, 0.29) is 11.7 Å². The molecule has 1 rings (SSSR count). The van der Waals surface area contributed by atoms with E-state index < -0.39 is 11.6 Å². The summed E-state index contributed by atoms with van der Waals surface area (Å²) in [5.74, 6) is -1.08. The van der Waals surface area contributed by atoms with Crippen molar-refractivity contribution in [3.05, 3.63) is 29.3 Å². The van der Waals surface area contributed by atoms with E-state index in [1.54, 1.807) is 12.0 Å². The van der Waals surface area contributed by atoms with Crippen LogP contribution in [0.1, 0.15) is 25.8 Å². The van der Waals surface area contributed by atoms with Gasteiger partial charge >= 0.3 is 0 Å². The van der Waals surface area contributed by atoms with Crippen molar-refractivity contribution >= 4 is 5.69 Å². The first-order valence-corrected chi connectivity index (χ1v) is 7.00. The molecule has 5 heteroatoms. The summed E-state index contributed by atoms with van der Waals surface area (Å²) in [7, 11) is 1.57. The van der Waals surface area contributed by atoms with E-state index in [9.17, 15) is 8.78 Å². The van der Waals surface area contributed by atoms with Crippen LogP contribution in [0, 0.1) is 11.6 Å². The molecule has 114 valence electrons. The highest BCUT2D eigenvalue weighted by atomic mass is 19.1. The number of hydrogen-bond acceptors (Lipinski definition) is 3. The molecule has 0 spiro atoms. The Kier molecular flexibility index (Phi) is 6.88. The molecule has 20 heavy (non-hydrogen) atoms. The topological polar surface area (TPSA) is 38.5 Å². The van der Waals surface area contributed by atoms with Gasteiger partial charge in [-0.3, -0.25) is 0 Å². The number of methoxy groups -OCH3 is 1. The Balaban J connectivity index is 2.97. The van der Waals surface area contributed by atoms with Crippen LogP contribution in [-0.4, -0.2) is 32.8 Å². The van der Waals surface area contributed by atoms with Crippen LogP contribution >= 0.6 is 0 Å². The first-order valence-electron chi connectivity index (χ1n) is 7.00. The van der Waals surface area contributed by atoms with Gasteiger partial charge in [0.1, 0.15) is 17.3 Å². The van der Waals surface area contributed by atoms with E-state index in [1.165, 1.54) is 12.1 Å². The summed E-state index contributed by atoms with van der Waals surface area (Å²) in [6.45, 7) is 5.21. The molecule has 0 bridgehead atoms. The maximum atomic E-state index is 14.2. The van der Waals surface area contributed by atoms with Gasteiger partial charge in [0, 0.05) is 26.2 Å². The van der Waals surface area contributed by atoms with Crippen LogP contribution in [0.3, 0.4) is 0 Å². The SMILES string of the molecule is CCC(N)Cc1cc(F)c(N(CC)CCOC)c(F)c1. The number of anilines is 1. The zero-order valence-electron chi connectivity index (χ0n) is 12.5. The molecule has 1 aromatic carbocycles. The fraction of sp³-hybridized carbons (Fsp3) is 0.600. The predicted octanol–water partition coefficient (Wildman–Crippen LogP) is 2.72. The molecule has 0 heterocycles. The van der Waals surface area contributed by atoms with Crippen LogP contribution in [0.15, 0.2) is 12.1 Å². The predicted molar refractivity (Wildman–Crippen MR) is 78.1 cm³/mol. The first-order chi connectivity index (χ1) is 9.53. The van der Waals surface area contributed by atoms with Gasteiger partial charge in [-0.15, -0.1) is 0 Å². The second kappa shape index (κ2) is 8.17. The van der Waals surface area contributed by atoms with Gasteiger partial charge in [-0.05, 0) is 37.5 Å². The zero-order valence-corrected chi connectivity index (χ0v) is 12.5. The lowest BCUT2D eigenvalue weighted by Crippen LogP contribution is -2.29. The van der Waals surface area contributed by atoms with Crippen molar-refractivity contribution in [2.45, 2.75) is 32.7 Å². The Hall–Kier alpha value is -1.20. The van der Waals surface area contributed by atoms with Crippen LogP contribution < -0.4 is 10.6 Å². The van der Waals surface area contributed by atoms with Gasteiger partial charge in [-0.25, -0.2) is 8.78 Å². The third-order valence-corrected chi connectivity index (χ3v) is 3.36. The maximum Gasteiger partial charge on any atom is 0.149 e. The number of halogens is 2. The van der Waals surface area contributed by atoms with Crippen LogP contribution in [0.25, 0.3) is 0 Å².